The molecule has 2 aromatic rings. The second-order valence-electron chi connectivity index (χ2n) is 7.43. The summed E-state index contributed by atoms with van der Waals surface area (Å²) in [5, 5.41) is 42.6. The van der Waals surface area contributed by atoms with Crippen molar-refractivity contribution in [3.63, 3.8) is 0 Å². The minimum absolute atomic E-state index is 0.0860. The summed E-state index contributed by atoms with van der Waals surface area (Å²) in [7, 11) is 0. The van der Waals surface area contributed by atoms with Gasteiger partial charge < -0.3 is 35.3 Å². The third-order valence-corrected chi connectivity index (χ3v) is 4.95. The number of nitrogens with zero attached hydrogens (tertiary/aromatic N) is 4. The first-order chi connectivity index (χ1) is 13.8. The Morgan fingerprint density at radius 1 is 1.21 bits per heavy atom. The zero-order chi connectivity index (χ0) is 21.1. The highest BCUT2D eigenvalue weighted by Gasteiger charge is 2.44. The van der Waals surface area contributed by atoms with E-state index in [1.165, 1.54) is 31.1 Å². The van der Waals surface area contributed by atoms with Crippen molar-refractivity contribution in [1.29, 1.82) is 0 Å². The van der Waals surface area contributed by atoms with Crippen LogP contribution >= 0.6 is 0 Å². The first kappa shape index (κ1) is 21.5. The van der Waals surface area contributed by atoms with E-state index in [4.69, 9.17) is 4.74 Å². The topological polar surface area (TPSA) is 163 Å². The van der Waals surface area contributed by atoms with Gasteiger partial charge in [-0.05, 0) is 33.1 Å². The van der Waals surface area contributed by atoms with E-state index in [1.807, 2.05) is 0 Å². The van der Waals surface area contributed by atoms with Crippen LogP contribution in [0.25, 0.3) is 11.2 Å². The summed E-state index contributed by atoms with van der Waals surface area (Å²) in [5.74, 6) is 0.668. The number of anilines is 1. The molecule has 4 rings (SSSR count). The van der Waals surface area contributed by atoms with E-state index in [-0.39, 0.29) is 11.8 Å². The van der Waals surface area contributed by atoms with Crippen molar-refractivity contribution in [2.24, 2.45) is 0 Å². The van der Waals surface area contributed by atoms with E-state index in [1.54, 1.807) is 0 Å². The smallest absolute Gasteiger partial charge is 0.167 e. The van der Waals surface area contributed by atoms with Crippen LogP contribution in [0.1, 0.15) is 39.3 Å². The average molecular weight is 409 g/mol. The Bertz CT molecular complexity index is 841. The number of Topliss-reactive ketones (excluding diaryl/α,β-unsaturated/α-hetero) is 1. The van der Waals surface area contributed by atoms with Crippen molar-refractivity contribution < 1.29 is 30.0 Å². The van der Waals surface area contributed by atoms with Gasteiger partial charge in [0.1, 0.15) is 30.4 Å². The second kappa shape index (κ2) is 9.09. The van der Waals surface area contributed by atoms with Gasteiger partial charge in [-0.15, -0.1) is 0 Å². The molecule has 0 aromatic carbocycles. The summed E-state index contributed by atoms with van der Waals surface area (Å²) in [6.07, 6.45) is 0.768. The molecule has 2 unspecified atom stereocenters. The lowest BCUT2D eigenvalue weighted by atomic mass is 10.1. The Kier molecular flexibility index (Phi) is 6.75. The number of imidazole rings is 1. The van der Waals surface area contributed by atoms with Gasteiger partial charge in [0.2, 0.25) is 0 Å². The summed E-state index contributed by atoms with van der Waals surface area (Å²) in [6.45, 7) is 2.66. The van der Waals surface area contributed by atoms with Crippen LogP contribution in [0, 0.1) is 0 Å². The first-order valence-corrected chi connectivity index (χ1v) is 9.55. The van der Waals surface area contributed by atoms with Crippen LogP contribution in [0.3, 0.4) is 0 Å². The number of aliphatic hydroxyl groups excluding tert-OH is 4. The monoisotopic (exact) mass is 409 g/mol. The van der Waals surface area contributed by atoms with Gasteiger partial charge in [0.05, 0.1) is 25.1 Å². The molecule has 3 heterocycles. The molecule has 29 heavy (non-hydrogen) atoms. The van der Waals surface area contributed by atoms with E-state index in [2.05, 4.69) is 20.3 Å². The summed E-state index contributed by atoms with van der Waals surface area (Å²) < 4.78 is 7.04. The molecule has 11 heteroatoms. The molecule has 2 aliphatic rings. The molecular formula is C18H27N5O6. The Balaban J connectivity index is 0.000000552. The van der Waals surface area contributed by atoms with Crippen LogP contribution in [0.15, 0.2) is 12.7 Å². The molecule has 1 aliphatic carbocycles. The van der Waals surface area contributed by atoms with Crippen LogP contribution in [0.5, 0.6) is 0 Å². The molecule has 2 aromatic heterocycles. The third kappa shape index (κ3) is 4.54. The van der Waals surface area contributed by atoms with E-state index in [0.717, 1.165) is 19.3 Å². The van der Waals surface area contributed by atoms with Crippen LogP contribution in [0.4, 0.5) is 5.82 Å². The normalized spacial score (nSPS) is 31.5. The lowest BCUT2D eigenvalue weighted by molar-refractivity contribution is -0.115. The average Bonchev–Trinajstić information content (AvgIpc) is 3.35. The summed E-state index contributed by atoms with van der Waals surface area (Å²) in [4.78, 5) is 22.2. The van der Waals surface area contributed by atoms with Crippen LogP contribution in [-0.4, -0.2) is 82.8 Å². The van der Waals surface area contributed by atoms with Crippen molar-refractivity contribution in [2.45, 2.75) is 69.8 Å². The number of rotatable bonds is 4. The summed E-state index contributed by atoms with van der Waals surface area (Å²) in [5.41, 5.74) is 0.916. The lowest BCUT2D eigenvalue weighted by Gasteiger charge is -2.18. The number of hydrogen-bond donors (Lipinski definition) is 5. The maximum Gasteiger partial charge on any atom is 0.167 e. The first-order valence-electron chi connectivity index (χ1n) is 9.55. The number of carbonyl (C=O) groups excluding carboxylic acids is 1. The van der Waals surface area contributed by atoms with Crippen molar-refractivity contribution in [2.75, 3.05) is 11.9 Å². The fraction of sp³-hybridized carbons (Fsp3) is 0.667. The highest BCUT2D eigenvalue weighted by Crippen LogP contribution is 2.32. The van der Waals surface area contributed by atoms with Crippen molar-refractivity contribution in [3.8, 4) is 0 Å². The van der Waals surface area contributed by atoms with Crippen molar-refractivity contribution >= 4 is 22.8 Å². The predicted molar refractivity (Wildman–Crippen MR) is 102 cm³/mol. The standard InChI is InChI=1S/C15H21N5O5.C3H6O/c21-4-9-11(23)12(24)15(25-9)20-6-18-10-13(16-5-17-14(10)20)19-7-2-1-3-8(7)22;1-3(2)4/h5-9,11-12,15,21-24H,1-4H2,(H,16,17,19);1-2H3/t7?,8?,9-,11+,12+,15-;/m1./s1. The Labute approximate surface area is 167 Å². The highest BCUT2D eigenvalue weighted by molar-refractivity contribution is 5.82. The molecule has 0 radical (unpaired) electrons. The fourth-order valence-electron chi connectivity index (χ4n) is 3.54. The Morgan fingerprint density at radius 2 is 1.93 bits per heavy atom. The van der Waals surface area contributed by atoms with E-state index >= 15 is 0 Å². The minimum atomic E-state index is -1.21. The molecule has 0 amide bonds. The van der Waals surface area contributed by atoms with Gasteiger partial charge in [-0.1, -0.05) is 0 Å². The van der Waals surface area contributed by atoms with Gasteiger partial charge in [0, 0.05) is 0 Å². The molecule has 5 N–H and O–H groups in total. The highest BCUT2D eigenvalue weighted by atomic mass is 16.6. The summed E-state index contributed by atoms with van der Waals surface area (Å²) in [6, 6.07) is -0.0860. The lowest BCUT2D eigenvalue weighted by Crippen LogP contribution is -2.33. The fourth-order valence-corrected chi connectivity index (χ4v) is 3.54. The number of aliphatic hydroxyl groups is 4. The molecule has 1 saturated carbocycles. The number of ketones is 1. The van der Waals surface area contributed by atoms with E-state index in [9.17, 15) is 25.2 Å². The molecule has 160 valence electrons. The van der Waals surface area contributed by atoms with Gasteiger partial charge in [-0.3, -0.25) is 4.57 Å². The molecule has 6 atom stereocenters. The van der Waals surface area contributed by atoms with Crippen molar-refractivity contribution in [3.05, 3.63) is 12.7 Å². The van der Waals surface area contributed by atoms with Crippen molar-refractivity contribution in [1.82, 2.24) is 19.5 Å². The third-order valence-electron chi connectivity index (χ3n) is 4.95. The van der Waals surface area contributed by atoms with Gasteiger partial charge in [-0.25, -0.2) is 15.0 Å². The molecule has 0 spiro atoms. The van der Waals surface area contributed by atoms with E-state index in [0.29, 0.717) is 17.0 Å². The van der Waals surface area contributed by atoms with Gasteiger partial charge >= 0.3 is 0 Å². The van der Waals surface area contributed by atoms with Crippen LogP contribution < -0.4 is 5.32 Å². The van der Waals surface area contributed by atoms with E-state index < -0.39 is 37.3 Å². The zero-order valence-corrected chi connectivity index (χ0v) is 16.3. The summed E-state index contributed by atoms with van der Waals surface area (Å²) >= 11 is 0. The van der Waals surface area contributed by atoms with Gasteiger partial charge in [0.25, 0.3) is 0 Å². The number of hydrogen-bond acceptors (Lipinski definition) is 10. The number of aromatic nitrogens is 4. The maximum atomic E-state index is 10.2. The van der Waals surface area contributed by atoms with Crippen LogP contribution in [0.2, 0.25) is 0 Å². The largest absolute Gasteiger partial charge is 0.394 e. The second-order valence-corrected chi connectivity index (χ2v) is 7.43. The molecule has 1 aliphatic heterocycles. The number of carbonyl (C=O) groups is 1. The number of nitrogens with one attached hydrogen (secondary N) is 1. The van der Waals surface area contributed by atoms with Gasteiger partial charge in [-0.2, -0.15) is 0 Å². The number of fused-ring (bicyclic) bond motifs is 1. The quantitative estimate of drug-likeness (QED) is 0.439. The maximum absolute atomic E-state index is 10.2. The SMILES string of the molecule is CC(C)=O.OC[C@H]1O[C@@H](n2cnc3c(NC4CCCC4O)ncnc32)[C@@H](O)[C@H]1O. The number of ether oxygens (including phenoxy) is 1. The Hall–Kier alpha value is -2.18. The van der Waals surface area contributed by atoms with Crippen LogP contribution in [-0.2, 0) is 9.53 Å². The predicted octanol–water partition coefficient (Wildman–Crippen LogP) is -0.642. The minimum Gasteiger partial charge on any atom is -0.394 e. The molecule has 11 nitrogen and oxygen atoms in total. The molecule has 1 saturated heterocycles. The van der Waals surface area contributed by atoms with Gasteiger partial charge in [0.15, 0.2) is 23.2 Å². The molecule has 2 fully saturated rings. The molecular weight excluding hydrogens is 382 g/mol. The Morgan fingerprint density at radius 3 is 2.52 bits per heavy atom. The zero-order valence-electron chi connectivity index (χ0n) is 16.3. The molecule has 0 bridgehead atoms.